The van der Waals surface area contributed by atoms with E-state index < -0.39 is 0 Å². The molecule has 2 saturated heterocycles. The maximum Gasteiger partial charge on any atom is 0.119 e. The van der Waals surface area contributed by atoms with Crippen LogP contribution in [-0.4, -0.2) is 37.7 Å². The average Bonchev–Trinajstić information content (AvgIpc) is 3.28. The first kappa shape index (κ1) is 21.7. The summed E-state index contributed by atoms with van der Waals surface area (Å²) in [6.45, 7) is 9.58. The minimum atomic E-state index is 0.146. The van der Waals surface area contributed by atoms with Crippen molar-refractivity contribution < 1.29 is 9.47 Å². The van der Waals surface area contributed by atoms with Crippen molar-refractivity contribution in [2.45, 2.75) is 45.1 Å². The Morgan fingerprint density at radius 3 is 2.33 bits per heavy atom. The first-order valence-electron chi connectivity index (χ1n) is 11.4. The van der Waals surface area contributed by atoms with Gasteiger partial charge in [0.15, 0.2) is 0 Å². The predicted octanol–water partition coefficient (Wildman–Crippen LogP) is 6.33. The van der Waals surface area contributed by atoms with Crippen LogP contribution in [0.5, 0.6) is 5.75 Å². The third kappa shape index (κ3) is 5.38. The molecule has 3 atom stereocenters. The van der Waals surface area contributed by atoms with Crippen molar-refractivity contribution in [3.8, 4) is 5.75 Å². The summed E-state index contributed by atoms with van der Waals surface area (Å²) in [7, 11) is 0. The van der Waals surface area contributed by atoms with Crippen LogP contribution in [0.15, 0.2) is 48.5 Å². The first-order valence-corrected chi connectivity index (χ1v) is 11.8. The molecule has 30 heavy (non-hydrogen) atoms. The lowest BCUT2D eigenvalue weighted by Gasteiger charge is -2.39. The summed E-state index contributed by atoms with van der Waals surface area (Å²) in [5, 5.41) is 0.788. The highest BCUT2D eigenvalue weighted by Crippen LogP contribution is 2.43. The molecular weight excluding hydrogens is 394 g/mol. The molecule has 0 saturated carbocycles. The zero-order valence-electron chi connectivity index (χ0n) is 18.2. The van der Waals surface area contributed by atoms with Gasteiger partial charge in [-0.25, -0.2) is 0 Å². The van der Waals surface area contributed by atoms with Gasteiger partial charge in [-0.1, -0.05) is 49.7 Å². The summed E-state index contributed by atoms with van der Waals surface area (Å²) in [6, 6.07) is 16.8. The van der Waals surface area contributed by atoms with Crippen LogP contribution in [0, 0.1) is 11.8 Å². The quantitative estimate of drug-likeness (QED) is 0.515. The number of ether oxygens (including phenoxy) is 2. The van der Waals surface area contributed by atoms with Crippen molar-refractivity contribution in [2.75, 3.05) is 32.8 Å². The van der Waals surface area contributed by atoms with Gasteiger partial charge in [0, 0.05) is 17.5 Å². The summed E-state index contributed by atoms with van der Waals surface area (Å²) in [5.41, 5.74) is 2.58. The lowest BCUT2D eigenvalue weighted by Crippen LogP contribution is -2.31. The Balaban J connectivity index is 1.36. The number of likely N-dealkylation sites (tertiary alicyclic amines) is 1. The number of hydrogen-bond acceptors (Lipinski definition) is 3. The molecule has 4 heteroatoms. The molecule has 3 nitrogen and oxygen atoms in total. The summed E-state index contributed by atoms with van der Waals surface area (Å²) in [6.07, 6.45) is 3.93. The molecular formula is C26H34ClNO2. The van der Waals surface area contributed by atoms with Crippen molar-refractivity contribution in [3.63, 3.8) is 0 Å². The Labute approximate surface area is 186 Å². The molecule has 0 bridgehead atoms. The summed E-state index contributed by atoms with van der Waals surface area (Å²) < 4.78 is 12.4. The van der Waals surface area contributed by atoms with E-state index in [9.17, 15) is 0 Å². The molecule has 2 heterocycles. The van der Waals surface area contributed by atoms with E-state index in [1.165, 1.54) is 37.1 Å². The number of benzene rings is 2. The van der Waals surface area contributed by atoms with E-state index in [0.29, 0.717) is 17.8 Å². The van der Waals surface area contributed by atoms with Crippen LogP contribution >= 0.6 is 11.6 Å². The van der Waals surface area contributed by atoms with Crippen molar-refractivity contribution in [1.82, 2.24) is 4.90 Å². The maximum absolute atomic E-state index is 6.44. The Bertz CT molecular complexity index is 784. The van der Waals surface area contributed by atoms with Gasteiger partial charge in [-0.3, -0.25) is 4.90 Å². The molecule has 0 spiro atoms. The van der Waals surface area contributed by atoms with Gasteiger partial charge in [-0.05, 0) is 79.6 Å². The highest BCUT2D eigenvalue weighted by molar-refractivity contribution is 6.30. The van der Waals surface area contributed by atoms with E-state index in [4.69, 9.17) is 21.1 Å². The van der Waals surface area contributed by atoms with Gasteiger partial charge in [0.05, 0.1) is 12.7 Å². The average molecular weight is 428 g/mol. The van der Waals surface area contributed by atoms with Gasteiger partial charge < -0.3 is 9.47 Å². The minimum absolute atomic E-state index is 0.146. The molecule has 0 radical (unpaired) electrons. The van der Waals surface area contributed by atoms with Crippen LogP contribution < -0.4 is 4.74 Å². The molecule has 2 aliphatic rings. The lowest BCUT2D eigenvalue weighted by molar-refractivity contribution is -0.0552. The Morgan fingerprint density at radius 2 is 1.67 bits per heavy atom. The third-order valence-electron chi connectivity index (χ3n) is 6.70. The van der Waals surface area contributed by atoms with Crippen LogP contribution in [-0.2, 0) is 4.74 Å². The van der Waals surface area contributed by atoms with Crippen molar-refractivity contribution in [1.29, 1.82) is 0 Å². The van der Waals surface area contributed by atoms with Crippen molar-refractivity contribution in [2.24, 2.45) is 11.8 Å². The second kappa shape index (κ2) is 10.2. The minimum Gasteiger partial charge on any atom is -0.492 e. The Morgan fingerprint density at radius 1 is 1.00 bits per heavy atom. The van der Waals surface area contributed by atoms with Gasteiger partial charge in [0.1, 0.15) is 12.4 Å². The van der Waals surface area contributed by atoms with Crippen molar-refractivity contribution in [3.05, 3.63) is 64.7 Å². The first-order chi connectivity index (χ1) is 14.6. The largest absolute Gasteiger partial charge is 0.492 e. The van der Waals surface area contributed by atoms with Gasteiger partial charge in [0.25, 0.3) is 0 Å². The van der Waals surface area contributed by atoms with E-state index in [1.54, 1.807) is 0 Å². The summed E-state index contributed by atoms with van der Waals surface area (Å²) >= 11 is 6.07. The monoisotopic (exact) mass is 427 g/mol. The van der Waals surface area contributed by atoms with E-state index in [1.807, 2.05) is 12.1 Å². The zero-order chi connectivity index (χ0) is 20.9. The fraction of sp³-hybridized carbons (Fsp3) is 0.538. The Kier molecular flexibility index (Phi) is 7.35. The van der Waals surface area contributed by atoms with Crippen LogP contribution in [0.4, 0.5) is 0 Å². The number of nitrogens with zero attached hydrogens (tertiary/aromatic N) is 1. The highest BCUT2D eigenvalue weighted by atomic mass is 35.5. The third-order valence-corrected chi connectivity index (χ3v) is 6.96. The molecule has 0 aromatic heterocycles. The van der Waals surface area contributed by atoms with E-state index in [-0.39, 0.29) is 6.10 Å². The second-order valence-electron chi connectivity index (χ2n) is 9.11. The zero-order valence-corrected chi connectivity index (χ0v) is 19.0. The normalized spacial score (nSPS) is 25.0. The van der Waals surface area contributed by atoms with Crippen LogP contribution in [0.3, 0.4) is 0 Å². The molecule has 0 N–H and O–H groups in total. The molecule has 0 amide bonds. The highest BCUT2D eigenvalue weighted by Gasteiger charge is 2.34. The fourth-order valence-corrected chi connectivity index (χ4v) is 4.97. The molecule has 0 aliphatic carbocycles. The second-order valence-corrected chi connectivity index (χ2v) is 9.55. The molecule has 2 aromatic carbocycles. The lowest BCUT2D eigenvalue weighted by atomic mass is 9.76. The van der Waals surface area contributed by atoms with Crippen LogP contribution in [0.2, 0.25) is 5.02 Å². The van der Waals surface area contributed by atoms with Crippen molar-refractivity contribution >= 4 is 11.6 Å². The molecule has 0 unspecified atom stereocenters. The molecule has 2 aromatic rings. The SMILES string of the molecule is CC(C)[C@@H]1C[C@H](c2ccc(Cl)cc2)CO[C@H]1c1ccc(OCCN2CCCC2)cc1. The van der Waals surface area contributed by atoms with Gasteiger partial charge in [0.2, 0.25) is 0 Å². The van der Waals surface area contributed by atoms with Crippen LogP contribution in [0.25, 0.3) is 0 Å². The standard InChI is InChI=1S/C26H34ClNO2/c1-19(2)25-17-22(20-5-9-23(27)10-6-20)18-30-26(25)21-7-11-24(12-8-21)29-16-15-28-13-3-4-14-28/h5-12,19,22,25-26H,3-4,13-18H2,1-2H3/t22-,25-,26-/m0/s1. The van der Waals surface area contributed by atoms with E-state index in [2.05, 4.69) is 55.1 Å². The Hall–Kier alpha value is -1.55. The predicted molar refractivity (Wildman–Crippen MR) is 123 cm³/mol. The van der Waals surface area contributed by atoms with Crippen LogP contribution in [0.1, 0.15) is 56.3 Å². The summed E-state index contributed by atoms with van der Waals surface area (Å²) in [5.74, 6) is 2.43. The van der Waals surface area contributed by atoms with E-state index in [0.717, 1.165) is 37.0 Å². The molecule has 4 rings (SSSR count). The fourth-order valence-electron chi connectivity index (χ4n) is 4.85. The van der Waals surface area contributed by atoms with Gasteiger partial charge in [-0.2, -0.15) is 0 Å². The maximum atomic E-state index is 6.44. The molecule has 2 aliphatic heterocycles. The van der Waals surface area contributed by atoms with Gasteiger partial charge in [-0.15, -0.1) is 0 Å². The molecule has 2 fully saturated rings. The topological polar surface area (TPSA) is 21.7 Å². The van der Waals surface area contributed by atoms with Gasteiger partial charge >= 0.3 is 0 Å². The number of halogens is 1. The smallest absolute Gasteiger partial charge is 0.119 e. The van der Waals surface area contributed by atoms with E-state index >= 15 is 0 Å². The number of hydrogen-bond donors (Lipinski definition) is 0. The summed E-state index contributed by atoms with van der Waals surface area (Å²) in [4.78, 5) is 2.48. The molecule has 162 valence electrons. The number of rotatable bonds is 7.